The van der Waals surface area contributed by atoms with Crippen molar-refractivity contribution in [1.82, 2.24) is 26.6 Å². The molecule has 0 radical (unpaired) electrons. The average Bonchev–Trinajstić information content (AvgIpc) is 3.19. The van der Waals surface area contributed by atoms with Gasteiger partial charge in [0.05, 0.1) is 19.1 Å². The lowest BCUT2D eigenvalue weighted by molar-refractivity contribution is -0.142. The maximum absolute atomic E-state index is 11.5. The lowest BCUT2D eigenvalue weighted by Crippen LogP contribution is -2.44. The van der Waals surface area contributed by atoms with Gasteiger partial charge in [-0.25, -0.2) is 4.79 Å². The van der Waals surface area contributed by atoms with Gasteiger partial charge >= 0.3 is 17.9 Å². The molecule has 10 N–H and O–H groups in total. The number of amides is 4. The van der Waals surface area contributed by atoms with E-state index in [1.165, 1.54) is 48.4 Å². The van der Waals surface area contributed by atoms with E-state index in [9.17, 15) is 33.6 Å². The molecule has 0 bridgehead atoms. The number of unbranched alkanes of at least 4 members (excludes halogenated alkanes) is 1. The minimum absolute atomic E-state index is 0.00919. The summed E-state index contributed by atoms with van der Waals surface area (Å²) in [6.07, 6.45) is 10.9. The van der Waals surface area contributed by atoms with E-state index in [4.69, 9.17) is 21.1 Å². The van der Waals surface area contributed by atoms with Gasteiger partial charge in [-0.3, -0.25) is 28.8 Å². The fourth-order valence-electron chi connectivity index (χ4n) is 4.71. The molecular weight excluding hydrogens is 757 g/mol. The number of hydrogen-bond donors (Lipinski definition) is 9. The number of thioether (sulfide) groups is 1. The molecule has 1 aliphatic carbocycles. The molecule has 1 aliphatic rings. The van der Waals surface area contributed by atoms with Gasteiger partial charge in [-0.1, -0.05) is 94.5 Å². The lowest BCUT2D eigenvalue weighted by atomic mass is 9.89. The van der Waals surface area contributed by atoms with Crippen molar-refractivity contribution < 1.29 is 48.9 Å². The second-order valence-corrected chi connectivity index (χ2v) is 13.3. The average molecular weight is 825 g/mol. The quantitative estimate of drug-likeness (QED) is 0.0726. The topological polar surface area (TPSA) is 266 Å². The van der Waals surface area contributed by atoms with Gasteiger partial charge < -0.3 is 47.6 Å². The maximum Gasteiger partial charge on any atom is 0.326 e. The molecular formula is C40H68N6O10S. The standard InChI is InChI=1S/C11H22N2OS.C11H10.C7H14N2O2.C6H9NO5.C3H7NO2.C2H6/c1-15-8-10(12)11(14)13-7-9-5-3-2-4-6-9;1-9-6-7-10-4-2-3-5-11(10)8-9;1-2-3-4-9-7(11)5-8-6-10;8-3-7-4(6(11)12)1-2-5(9)10;1-4-2-3(5)6;1-2/h9-10H,2-8,12H2,1H3,(H,13,14);2-8H,1H3;6H,2-5H2,1H3,(H,8,10)(H,9,11);3-4H,1-2H2,(H,7,8)(H,9,10)(H,11,12);4H,2H2,1H3,(H,5,6);1-2H3/t;;;4-;;/m...1../s1. The van der Waals surface area contributed by atoms with Gasteiger partial charge in [0.2, 0.25) is 24.6 Å². The molecule has 0 saturated heterocycles. The lowest BCUT2D eigenvalue weighted by Gasteiger charge is -2.22. The van der Waals surface area contributed by atoms with Crippen LogP contribution in [0.2, 0.25) is 0 Å². The highest BCUT2D eigenvalue weighted by atomic mass is 32.2. The number of fused-ring (bicyclic) bond motifs is 1. The monoisotopic (exact) mass is 824 g/mol. The van der Waals surface area contributed by atoms with Crippen LogP contribution in [0.15, 0.2) is 42.5 Å². The summed E-state index contributed by atoms with van der Waals surface area (Å²) in [6.45, 7) is 9.80. The number of nitrogens with one attached hydrogen (secondary N) is 5. The van der Waals surface area contributed by atoms with Gasteiger partial charge in [0.25, 0.3) is 0 Å². The Morgan fingerprint density at radius 2 is 1.53 bits per heavy atom. The van der Waals surface area contributed by atoms with Crippen molar-refractivity contribution in [2.45, 2.75) is 97.6 Å². The zero-order chi connectivity index (χ0) is 43.9. The highest BCUT2D eigenvalue weighted by Gasteiger charge is 2.18. The van der Waals surface area contributed by atoms with E-state index in [0.29, 0.717) is 24.6 Å². The zero-order valence-corrected chi connectivity index (χ0v) is 35.3. The number of carbonyl (C=O) groups is 7. The summed E-state index contributed by atoms with van der Waals surface area (Å²) in [4.78, 5) is 71.7. The zero-order valence-electron chi connectivity index (χ0n) is 34.5. The molecule has 57 heavy (non-hydrogen) atoms. The number of rotatable bonds is 19. The second-order valence-electron chi connectivity index (χ2n) is 12.4. The van der Waals surface area contributed by atoms with Crippen molar-refractivity contribution in [3.63, 3.8) is 0 Å². The van der Waals surface area contributed by atoms with E-state index in [0.717, 1.165) is 19.4 Å². The van der Waals surface area contributed by atoms with Crippen LogP contribution < -0.4 is 32.3 Å². The molecule has 3 rings (SSSR count). The van der Waals surface area contributed by atoms with Gasteiger partial charge in [-0.15, -0.1) is 0 Å². The first-order valence-electron chi connectivity index (χ1n) is 19.2. The number of nitrogens with two attached hydrogens (primary N) is 1. The van der Waals surface area contributed by atoms with Crippen LogP contribution >= 0.6 is 11.8 Å². The van der Waals surface area contributed by atoms with Crippen molar-refractivity contribution in [2.75, 3.05) is 45.2 Å². The van der Waals surface area contributed by atoms with E-state index in [2.05, 4.69) is 77.6 Å². The maximum atomic E-state index is 11.5. The number of carbonyl (C=O) groups excluding carboxylic acids is 4. The first-order chi connectivity index (χ1) is 27.2. The van der Waals surface area contributed by atoms with E-state index in [-0.39, 0.29) is 50.2 Å². The molecule has 0 heterocycles. The van der Waals surface area contributed by atoms with Gasteiger partial charge in [-0.2, -0.15) is 11.8 Å². The van der Waals surface area contributed by atoms with Gasteiger partial charge in [0, 0.05) is 25.3 Å². The van der Waals surface area contributed by atoms with E-state index < -0.39 is 23.9 Å². The van der Waals surface area contributed by atoms with Crippen molar-refractivity contribution in [3.8, 4) is 0 Å². The predicted octanol–water partition coefficient (Wildman–Crippen LogP) is 3.54. The third kappa shape index (κ3) is 35.4. The Balaban J connectivity index is -0.000000646. The minimum atomic E-state index is -1.23. The largest absolute Gasteiger partial charge is 0.481 e. The fourth-order valence-corrected chi connectivity index (χ4v) is 5.22. The number of aliphatic carboxylic acids is 3. The summed E-state index contributed by atoms with van der Waals surface area (Å²) in [6, 6.07) is 13.5. The SMILES string of the molecule is CC.CCCCNC(=O)CNC=O.CNCC(=O)O.CSCC(N)C(=O)NCC1CCCCC1.Cc1ccc2ccccc2c1.O=CN[C@H](CCC(=O)O)C(=O)O. The highest BCUT2D eigenvalue weighted by molar-refractivity contribution is 7.98. The molecule has 0 aliphatic heterocycles. The third-order valence-electron chi connectivity index (χ3n) is 7.62. The Labute approximate surface area is 342 Å². The molecule has 2 aromatic carbocycles. The molecule has 16 nitrogen and oxygen atoms in total. The van der Waals surface area contributed by atoms with Crippen LogP contribution in [-0.2, 0) is 33.6 Å². The van der Waals surface area contributed by atoms with Crippen molar-refractivity contribution in [3.05, 3.63) is 48.0 Å². The van der Waals surface area contributed by atoms with Crippen LogP contribution in [0.25, 0.3) is 10.8 Å². The molecule has 1 saturated carbocycles. The number of aryl methyl sites for hydroxylation is 1. The van der Waals surface area contributed by atoms with Crippen LogP contribution in [0.4, 0.5) is 0 Å². The Morgan fingerprint density at radius 1 is 0.895 bits per heavy atom. The Bertz CT molecular complexity index is 1400. The van der Waals surface area contributed by atoms with Crippen LogP contribution in [0, 0.1) is 12.8 Å². The summed E-state index contributed by atoms with van der Waals surface area (Å²) < 4.78 is 0. The number of carboxylic acid groups (broad SMARTS) is 3. The predicted molar refractivity (Wildman–Crippen MR) is 227 cm³/mol. The Morgan fingerprint density at radius 3 is 2.02 bits per heavy atom. The second kappa shape index (κ2) is 39.5. The number of hydrogen-bond acceptors (Lipinski definition) is 10. The summed E-state index contributed by atoms with van der Waals surface area (Å²) in [5.41, 5.74) is 7.03. The van der Waals surface area contributed by atoms with Crippen molar-refractivity contribution in [1.29, 1.82) is 0 Å². The number of likely N-dealkylation sites (N-methyl/N-ethyl adjacent to an activating group) is 1. The van der Waals surface area contributed by atoms with Gasteiger partial charge in [0.15, 0.2) is 0 Å². The molecule has 17 heteroatoms. The highest BCUT2D eigenvalue weighted by Crippen LogP contribution is 2.22. The molecule has 1 fully saturated rings. The number of carboxylic acids is 3. The normalized spacial score (nSPS) is 12.3. The molecule has 1 unspecified atom stereocenters. The van der Waals surface area contributed by atoms with Crippen molar-refractivity contribution >= 4 is 65.1 Å². The van der Waals surface area contributed by atoms with Crippen LogP contribution in [0.1, 0.15) is 84.1 Å². The first-order valence-corrected chi connectivity index (χ1v) is 20.6. The smallest absolute Gasteiger partial charge is 0.326 e. The summed E-state index contributed by atoms with van der Waals surface area (Å²) in [7, 11) is 1.59. The Hall–Kier alpha value is -4.74. The first kappa shape index (κ1) is 56.6. The van der Waals surface area contributed by atoms with Crippen LogP contribution in [0.3, 0.4) is 0 Å². The third-order valence-corrected chi connectivity index (χ3v) is 8.31. The van der Waals surface area contributed by atoms with E-state index >= 15 is 0 Å². The summed E-state index contributed by atoms with van der Waals surface area (Å²) >= 11 is 1.61. The summed E-state index contributed by atoms with van der Waals surface area (Å²) in [5, 5.41) is 39.5. The van der Waals surface area contributed by atoms with E-state index in [1.54, 1.807) is 18.8 Å². The summed E-state index contributed by atoms with van der Waals surface area (Å²) in [5.74, 6) is -1.88. The van der Waals surface area contributed by atoms with Gasteiger partial charge in [0.1, 0.15) is 6.04 Å². The molecule has 324 valence electrons. The molecule has 4 amide bonds. The van der Waals surface area contributed by atoms with E-state index in [1.807, 2.05) is 25.4 Å². The van der Waals surface area contributed by atoms with Gasteiger partial charge in [-0.05, 0) is 62.6 Å². The Kier molecular flexibility index (Phi) is 39.2. The van der Waals surface area contributed by atoms with Crippen LogP contribution in [-0.4, -0.2) is 115 Å². The molecule has 2 atom stereocenters. The number of benzene rings is 2. The molecule has 0 aromatic heterocycles. The van der Waals surface area contributed by atoms with Crippen LogP contribution in [0.5, 0.6) is 0 Å². The minimum Gasteiger partial charge on any atom is -0.481 e. The van der Waals surface area contributed by atoms with Crippen molar-refractivity contribution in [2.24, 2.45) is 11.7 Å². The fraction of sp³-hybridized carbons (Fsp3) is 0.575. The molecule has 2 aromatic rings. The molecule has 0 spiro atoms.